The number of anilines is 3. The molecule has 3 amide bonds. The molecule has 4 heterocycles. The maximum atomic E-state index is 13.2. The van der Waals surface area contributed by atoms with Gasteiger partial charge in [-0.15, -0.1) is 11.3 Å². The van der Waals surface area contributed by atoms with E-state index < -0.39 is 0 Å². The van der Waals surface area contributed by atoms with Gasteiger partial charge in [0.15, 0.2) is 0 Å². The highest BCUT2D eigenvalue weighted by Gasteiger charge is 2.33. The Kier molecular flexibility index (Phi) is 5.57. The summed E-state index contributed by atoms with van der Waals surface area (Å²) in [6.07, 6.45) is 4.69. The smallest absolute Gasteiger partial charge is 0.331 e. The number of hydrogen-bond acceptors (Lipinski definition) is 5. The molecule has 0 radical (unpaired) electrons. The third-order valence-electron chi connectivity index (χ3n) is 5.92. The lowest BCUT2D eigenvalue weighted by molar-refractivity contribution is 0.0935. The lowest BCUT2D eigenvalue weighted by atomic mass is 10.0. The van der Waals surface area contributed by atoms with Crippen LogP contribution in [0.2, 0.25) is 0 Å². The number of nitrogens with zero attached hydrogens (tertiary/aromatic N) is 2. The summed E-state index contributed by atoms with van der Waals surface area (Å²) in [5, 5.41) is 10.2. The first kappa shape index (κ1) is 20.9. The third-order valence-corrected chi connectivity index (χ3v) is 7.02. The minimum atomic E-state index is -0.270. The Morgan fingerprint density at radius 1 is 1.28 bits per heavy atom. The summed E-state index contributed by atoms with van der Waals surface area (Å²) < 4.78 is 0. The van der Waals surface area contributed by atoms with Crippen LogP contribution in [-0.4, -0.2) is 36.1 Å². The molecule has 1 fully saturated rings. The molecule has 1 aromatic carbocycles. The molecule has 2 aromatic heterocycles. The first-order valence-electron chi connectivity index (χ1n) is 11.1. The molecule has 0 aliphatic carbocycles. The lowest BCUT2D eigenvalue weighted by Crippen LogP contribution is -2.45. The molecule has 1 atom stereocenters. The number of piperidine rings is 1. The molecule has 2 aliphatic rings. The Bertz CT molecular complexity index is 1170. The van der Waals surface area contributed by atoms with Gasteiger partial charge in [-0.3, -0.25) is 9.69 Å². The number of nitrogens with one attached hydrogen (secondary N) is 3. The topological polar surface area (TPSA) is 86.4 Å². The summed E-state index contributed by atoms with van der Waals surface area (Å²) in [5.41, 5.74) is 3.35. The van der Waals surface area contributed by atoms with Gasteiger partial charge in [0.2, 0.25) is 0 Å². The van der Waals surface area contributed by atoms with Gasteiger partial charge in [-0.25, -0.2) is 9.78 Å². The highest BCUT2D eigenvalue weighted by molar-refractivity contribution is 7.21. The van der Waals surface area contributed by atoms with E-state index in [1.54, 1.807) is 11.1 Å². The summed E-state index contributed by atoms with van der Waals surface area (Å²) in [6, 6.07) is 9.76. The minimum Gasteiger partial charge on any atom is -0.347 e. The van der Waals surface area contributed by atoms with Gasteiger partial charge in [-0.2, -0.15) is 0 Å². The zero-order valence-corrected chi connectivity index (χ0v) is 19.1. The van der Waals surface area contributed by atoms with Gasteiger partial charge >= 0.3 is 6.03 Å². The van der Waals surface area contributed by atoms with Crippen LogP contribution in [0, 0.1) is 5.92 Å². The first-order valence-corrected chi connectivity index (χ1v) is 12.0. The zero-order chi connectivity index (χ0) is 22.2. The van der Waals surface area contributed by atoms with E-state index in [1.807, 2.05) is 18.2 Å². The van der Waals surface area contributed by atoms with E-state index in [0.717, 1.165) is 53.9 Å². The lowest BCUT2D eigenvalue weighted by Gasteiger charge is -2.29. The van der Waals surface area contributed by atoms with Crippen molar-refractivity contribution in [3.05, 3.63) is 47.0 Å². The van der Waals surface area contributed by atoms with Crippen LogP contribution in [0.5, 0.6) is 0 Å². The van der Waals surface area contributed by atoms with E-state index in [2.05, 4.69) is 46.9 Å². The van der Waals surface area contributed by atoms with Crippen LogP contribution in [0.25, 0.3) is 10.2 Å². The number of hydrogen-bond donors (Lipinski definition) is 3. The number of amides is 3. The van der Waals surface area contributed by atoms with Crippen LogP contribution < -0.4 is 20.9 Å². The minimum absolute atomic E-state index is 0.0984. The second-order valence-corrected chi connectivity index (χ2v) is 9.86. The third kappa shape index (κ3) is 3.84. The molecule has 166 valence electrons. The van der Waals surface area contributed by atoms with Crippen molar-refractivity contribution in [3.63, 3.8) is 0 Å². The van der Waals surface area contributed by atoms with E-state index >= 15 is 0 Å². The summed E-state index contributed by atoms with van der Waals surface area (Å²) in [5.74, 6) is 0.413. The fourth-order valence-electron chi connectivity index (χ4n) is 4.48. The summed E-state index contributed by atoms with van der Waals surface area (Å²) in [4.78, 5) is 33.6. The average molecular weight is 450 g/mol. The molecule has 0 bridgehead atoms. The van der Waals surface area contributed by atoms with Crippen LogP contribution >= 0.6 is 11.3 Å². The number of rotatable bonds is 5. The van der Waals surface area contributed by atoms with Gasteiger partial charge in [0.25, 0.3) is 5.91 Å². The maximum absolute atomic E-state index is 13.2. The van der Waals surface area contributed by atoms with Crippen LogP contribution in [-0.2, 0) is 6.42 Å². The number of thiophene rings is 1. The second kappa shape index (κ2) is 8.52. The number of pyridine rings is 1. The van der Waals surface area contributed by atoms with E-state index in [4.69, 9.17) is 0 Å². The van der Waals surface area contributed by atoms with Gasteiger partial charge in [0, 0.05) is 18.8 Å². The molecule has 7 nitrogen and oxygen atoms in total. The molecule has 2 aliphatic heterocycles. The van der Waals surface area contributed by atoms with E-state index in [-0.39, 0.29) is 18.0 Å². The van der Waals surface area contributed by atoms with Crippen molar-refractivity contribution < 1.29 is 9.59 Å². The molecule has 3 N–H and O–H groups in total. The van der Waals surface area contributed by atoms with E-state index in [1.165, 1.54) is 16.9 Å². The van der Waals surface area contributed by atoms with Gasteiger partial charge < -0.3 is 16.0 Å². The van der Waals surface area contributed by atoms with Crippen molar-refractivity contribution in [2.24, 2.45) is 5.92 Å². The van der Waals surface area contributed by atoms with Crippen LogP contribution in [0.1, 0.15) is 41.9 Å². The van der Waals surface area contributed by atoms with Crippen LogP contribution in [0.3, 0.4) is 0 Å². The number of carbonyl (C=O) groups is 2. The number of urea groups is 1. The van der Waals surface area contributed by atoms with Crippen molar-refractivity contribution in [1.82, 2.24) is 15.6 Å². The molecule has 32 heavy (non-hydrogen) atoms. The fraction of sp³-hybridized carbons (Fsp3) is 0.375. The highest BCUT2D eigenvalue weighted by atomic mass is 32.1. The fourth-order valence-corrected chi connectivity index (χ4v) is 5.50. The van der Waals surface area contributed by atoms with Crippen molar-refractivity contribution in [3.8, 4) is 0 Å². The second-order valence-electron chi connectivity index (χ2n) is 8.86. The molecule has 1 saturated heterocycles. The number of benzene rings is 1. The molecular weight excluding hydrogens is 422 g/mol. The summed E-state index contributed by atoms with van der Waals surface area (Å²) >= 11 is 1.32. The summed E-state index contributed by atoms with van der Waals surface area (Å²) in [7, 11) is 0. The molecule has 0 spiro atoms. The molecule has 0 saturated carbocycles. The first-order chi connectivity index (χ1) is 15.5. The molecule has 0 unspecified atom stereocenters. The predicted molar refractivity (Wildman–Crippen MR) is 129 cm³/mol. The number of carbonyl (C=O) groups excluding carboxylic acids is 2. The predicted octanol–water partition coefficient (Wildman–Crippen LogP) is 4.66. The molecule has 5 rings (SSSR count). The monoisotopic (exact) mass is 449 g/mol. The Labute approximate surface area is 191 Å². The van der Waals surface area contributed by atoms with E-state index in [0.29, 0.717) is 16.5 Å². The molecule has 8 heteroatoms. The SMILES string of the molecule is CC(C)Cc1ccc(N2C(=O)Nc3c(C(=O)N[C@@H]4CCCNC4)sc4nccc2c34)cc1. The molecule has 3 aromatic rings. The quantitative estimate of drug-likeness (QED) is 0.529. The van der Waals surface area contributed by atoms with Crippen LogP contribution in [0.4, 0.5) is 21.9 Å². The number of aromatic nitrogens is 1. The normalized spacial score (nSPS) is 18.2. The van der Waals surface area contributed by atoms with Crippen LogP contribution in [0.15, 0.2) is 36.5 Å². The standard InChI is InChI=1S/C24H27N5O2S/c1-14(2)12-15-5-7-17(8-6-15)29-18-9-11-26-23-19(18)20(28-24(29)31)21(32-23)22(30)27-16-4-3-10-25-13-16/h5-9,11,14,16,25H,3-4,10,12-13H2,1-2H3,(H,27,30)(H,28,31)/t16-/m1/s1. The largest absolute Gasteiger partial charge is 0.347 e. The Balaban J connectivity index is 1.50. The van der Waals surface area contributed by atoms with Crippen molar-refractivity contribution in [2.75, 3.05) is 23.3 Å². The van der Waals surface area contributed by atoms with E-state index in [9.17, 15) is 9.59 Å². The van der Waals surface area contributed by atoms with Gasteiger partial charge in [-0.05, 0) is 55.5 Å². The van der Waals surface area contributed by atoms with Crippen molar-refractivity contribution >= 4 is 50.6 Å². The van der Waals surface area contributed by atoms with Gasteiger partial charge in [0.05, 0.1) is 22.4 Å². The average Bonchev–Trinajstić information content (AvgIpc) is 3.15. The highest BCUT2D eigenvalue weighted by Crippen LogP contribution is 2.45. The van der Waals surface area contributed by atoms with Gasteiger partial charge in [0.1, 0.15) is 9.71 Å². The van der Waals surface area contributed by atoms with Gasteiger partial charge in [-0.1, -0.05) is 26.0 Å². The Hall–Kier alpha value is -2.97. The summed E-state index contributed by atoms with van der Waals surface area (Å²) in [6.45, 7) is 6.13. The zero-order valence-electron chi connectivity index (χ0n) is 18.3. The van der Waals surface area contributed by atoms with Crippen molar-refractivity contribution in [1.29, 1.82) is 0 Å². The Morgan fingerprint density at radius 2 is 2.09 bits per heavy atom. The Morgan fingerprint density at radius 3 is 2.81 bits per heavy atom. The molecular formula is C24H27N5O2S. The van der Waals surface area contributed by atoms with Crippen molar-refractivity contribution in [2.45, 2.75) is 39.2 Å². The maximum Gasteiger partial charge on any atom is 0.331 e.